The van der Waals surface area contributed by atoms with E-state index in [9.17, 15) is 13.6 Å². The fourth-order valence-corrected chi connectivity index (χ4v) is 2.69. The maximum absolute atomic E-state index is 13.8. The van der Waals surface area contributed by atoms with Crippen LogP contribution in [-0.2, 0) is 6.42 Å². The maximum atomic E-state index is 13.8. The Kier molecular flexibility index (Phi) is 4.29. The van der Waals surface area contributed by atoms with Crippen molar-refractivity contribution >= 4 is 17.2 Å². The Balaban J connectivity index is 2.09. The summed E-state index contributed by atoms with van der Waals surface area (Å²) in [5.41, 5.74) is 2.05. The van der Waals surface area contributed by atoms with Gasteiger partial charge in [0.05, 0.1) is 5.69 Å². The highest BCUT2D eigenvalue weighted by molar-refractivity contribution is 6.04. The molecule has 2 heterocycles. The van der Waals surface area contributed by atoms with Crippen molar-refractivity contribution in [2.75, 3.05) is 5.32 Å². The van der Waals surface area contributed by atoms with E-state index >= 15 is 0 Å². The molecule has 2 aromatic heterocycles. The number of nitrogens with zero attached hydrogens (tertiary/aromatic N) is 2. The lowest BCUT2D eigenvalue weighted by atomic mass is 10.2. The molecule has 24 heavy (non-hydrogen) atoms. The van der Waals surface area contributed by atoms with Gasteiger partial charge >= 0.3 is 0 Å². The van der Waals surface area contributed by atoms with Crippen molar-refractivity contribution in [1.29, 1.82) is 0 Å². The highest BCUT2D eigenvalue weighted by Gasteiger charge is 2.21. The molecule has 0 spiro atoms. The van der Waals surface area contributed by atoms with Crippen LogP contribution >= 0.6 is 0 Å². The van der Waals surface area contributed by atoms with E-state index in [1.165, 1.54) is 6.07 Å². The average molecular weight is 329 g/mol. The third-order valence-corrected chi connectivity index (χ3v) is 3.82. The maximum Gasteiger partial charge on any atom is 0.274 e. The Bertz CT molecular complexity index is 898. The number of anilines is 1. The molecule has 1 N–H and O–H groups in total. The third-order valence-electron chi connectivity index (χ3n) is 3.82. The third kappa shape index (κ3) is 2.75. The first kappa shape index (κ1) is 16.1. The second-order valence-corrected chi connectivity index (χ2v) is 5.59. The van der Waals surface area contributed by atoms with Crippen molar-refractivity contribution in [3.8, 4) is 0 Å². The molecule has 4 nitrogen and oxygen atoms in total. The number of imidazole rings is 1. The van der Waals surface area contributed by atoms with Crippen LogP contribution in [0.15, 0.2) is 36.5 Å². The van der Waals surface area contributed by atoms with E-state index in [1.54, 1.807) is 16.7 Å². The van der Waals surface area contributed by atoms with E-state index in [2.05, 4.69) is 10.3 Å². The molecular formula is C18H17F2N3O. The molecule has 0 aliphatic carbocycles. The SMILES string of the molecule is CCCc1nc2c(C)cccn2c1C(=O)Nc1c(F)cccc1F. The number of carbonyl (C=O) groups excluding carboxylic acids is 1. The first-order chi connectivity index (χ1) is 11.5. The molecule has 0 aliphatic heterocycles. The second kappa shape index (κ2) is 6.39. The van der Waals surface area contributed by atoms with Crippen molar-refractivity contribution in [2.45, 2.75) is 26.7 Å². The molecular weight excluding hydrogens is 312 g/mol. The number of nitrogens with one attached hydrogen (secondary N) is 1. The van der Waals surface area contributed by atoms with Crippen molar-refractivity contribution < 1.29 is 13.6 Å². The summed E-state index contributed by atoms with van der Waals surface area (Å²) in [6.45, 7) is 3.88. The van der Waals surface area contributed by atoms with E-state index < -0.39 is 23.2 Å². The van der Waals surface area contributed by atoms with E-state index in [1.807, 2.05) is 19.9 Å². The predicted molar refractivity (Wildman–Crippen MR) is 88.2 cm³/mol. The number of fused-ring (bicyclic) bond motifs is 1. The molecule has 0 bridgehead atoms. The average Bonchev–Trinajstić information content (AvgIpc) is 2.91. The number of hydrogen-bond acceptors (Lipinski definition) is 2. The number of amides is 1. The number of hydrogen-bond donors (Lipinski definition) is 1. The summed E-state index contributed by atoms with van der Waals surface area (Å²) in [5.74, 6) is -2.21. The summed E-state index contributed by atoms with van der Waals surface area (Å²) in [6.07, 6.45) is 3.13. The Hall–Kier alpha value is -2.76. The summed E-state index contributed by atoms with van der Waals surface area (Å²) < 4.78 is 29.3. The van der Waals surface area contributed by atoms with Gasteiger partial charge < -0.3 is 5.32 Å². The van der Waals surface area contributed by atoms with Crippen LogP contribution in [0.5, 0.6) is 0 Å². The van der Waals surface area contributed by atoms with Crippen LogP contribution in [0.4, 0.5) is 14.5 Å². The zero-order chi connectivity index (χ0) is 17.3. The molecule has 124 valence electrons. The van der Waals surface area contributed by atoms with Crippen LogP contribution in [0.3, 0.4) is 0 Å². The van der Waals surface area contributed by atoms with Crippen molar-refractivity contribution in [3.63, 3.8) is 0 Å². The minimum absolute atomic E-state index is 0.304. The standard InChI is InChI=1S/C18H17F2N3O/c1-3-6-14-16(23-10-5-7-11(2)17(23)21-14)18(24)22-15-12(19)8-4-9-13(15)20/h4-5,7-10H,3,6H2,1-2H3,(H,22,24). The summed E-state index contributed by atoms with van der Waals surface area (Å²) in [7, 11) is 0. The summed E-state index contributed by atoms with van der Waals surface area (Å²) in [5, 5.41) is 2.34. The number of carbonyl (C=O) groups is 1. The zero-order valence-electron chi connectivity index (χ0n) is 13.4. The number of para-hydroxylation sites is 1. The zero-order valence-corrected chi connectivity index (χ0v) is 13.4. The molecule has 0 fully saturated rings. The van der Waals surface area contributed by atoms with E-state index in [4.69, 9.17) is 0 Å². The normalized spacial score (nSPS) is 11.0. The Labute approximate surface area is 138 Å². The van der Waals surface area contributed by atoms with Crippen molar-refractivity contribution in [2.24, 2.45) is 0 Å². The summed E-state index contributed by atoms with van der Waals surface area (Å²) in [6, 6.07) is 7.16. The first-order valence-electron chi connectivity index (χ1n) is 7.74. The molecule has 3 aromatic rings. The molecule has 1 aromatic carbocycles. The Morgan fingerprint density at radius 2 is 1.92 bits per heavy atom. The van der Waals surface area contributed by atoms with Gasteiger partial charge in [-0.25, -0.2) is 13.8 Å². The van der Waals surface area contributed by atoms with Crippen LogP contribution in [0, 0.1) is 18.6 Å². The number of aromatic nitrogens is 2. The lowest BCUT2D eigenvalue weighted by Gasteiger charge is -2.09. The minimum Gasteiger partial charge on any atom is -0.316 e. The second-order valence-electron chi connectivity index (χ2n) is 5.59. The van der Waals surface area contributed by atoms with Gasteiger partial charge in [0.2, 0.25) is 0 Å². The molecule has 1 amide bonds. The monoisotopic (exact) mass is 329 g/mol. The van der Waals surface area contributed by atoms with Gasteiger partial charge in [-0.1, -0.05) is 25.5 Å². The smallest absolute Gasteiger partial charge is 0.274 e. The fourth-order valence-electron chi connectivity index (χ4n) is 2.69. The lowest BCUT2D eigenvalue weighted by Crippen LogP contribution is -2.18. The van der Waals surface area contributed by atoms with Crippen LogP contribution < -0.4 is 5.32 Å². The minimum atomic E-state index is -0.814. The van der Waals surface area contributed by atoms with Gasteiger partial charge in [0.25, 0.3) is 5.91 Å². The molecule has 0 radical (unpaired) electrons. The Morgan fingerprint density at radius 3 is 2.58 bits per heavy atom. The fraction of sp³-hybridized carbons (Fsp3) is 0.222. The van der Waals surface area contributed by atoms with Gasteiger partial charge in [-0.3, -0.25) is 9.20 Å². The van der Waals surface area contributed by atoms with E-state index in [0.29, 0.717) is 23.5 Å². The van der Waals surface area contributed by atoms with Gasteiger partial charge in [-0.05, 0) is 37.1 Å². The van der Waals surface area contributed by atoms with Crippen molar-refractivity contribution in [3.05, 3.63) is 65.1 Å². The van der Waals surface area contributed by atoms with Gasteiger partial charge in [0.15, 0.2) is 0 Å². The molecule has 6 heteroatoms. The van der Waals surface area contributed by atoms with Crippen molar-refractivity contribution in [1.82, 2.24) is 9.38 Å². The van der Waals surface area contributed by atoms with Crippen LogP contribution in [0.2, 0.25) is 0 Å². The predicted octanol–water partition coefficient (Wildman–Crippen LogP) is 4.13. The first-order valence-corrected chi connectivity index (χ1v) is 7.74. The summed E-state index contributed by atoms with van der Waals surface area (Å²) >= 11 is 0. The highest BCUT2D eigenvalue weighted by Crippen LogP contribution is 2.22. The topological polar surface area (TPSA) is 46.4 Å². The largest absolute Gasteiger partial charge is 0.316 e. The molecule has 3 rings (SSSR count). The lowest BCUT2D eigenvalue weighted by molar-refractivity contribution is 0.101. The van der Waals surface area contributed by atoms with Gasteiger partial charge in [-0.15, -0.1) is 0 Å². The molecule has 0 saturated heterocycles. The number of pyridine rings is 1. The highest BCUT2D eigenvalue weighted by atomic mass is 19.1. The van der Waals surface area contributed by atoms with Gasteiger partial charge in [-0.2, -0.15) is 0 Å². The Morgan fingerprint density at radius 1 is 1.21 bits per heavy atom. The van der Waals surface area contributed by atoms with Crippen LogP contribution in [-0.4, -0.2) is 15.3 Å². The number of benzene rings is 1. The van der Waals surface area contributed by atoms with E-state index in [0.717, 1.165) is 24.1 Å². The molecule has 0 aliphatic rings. The number of aryl methyl sites for hydroxylation is 2. The molecule has 0 unspecified atom stereocenters. The van der Waals surface area contributed by atoms with Crippen LogP contribution in [0.1, 0.15) is 35.1 Å². The van der Waals surface area contributed by atoms with E-state index in [-0.39, 0.29) is 0 Å². The van der Waals surface area contributed by atoms with Gasteiger partial charge in [0.1, 0.15) is 28.7 Å². The molecule has 0 saturated carbocycles. The molecule has 0 atom stereocenters. The number of halogens is 2. The number of rotatable bonds is 4. The summed E-state index contributed by atoms with van der Waals surface area (Å²) in [4.78, 5) is 17.2. The van der Waals surface area contributed by atoms with Gasteiger partial charge in [0, 0.05) is 6.20 Å². The quantitative estimate of drug-likeness (QED) is 0.782. The van der Waals surface area contributed by atoms with Crippen LogP contribution in [0.25, 0.3) is 5.65 Å².